The number of aryl methyl sites for hydroxylation is 1. The highest BCUT2D eigenvalue weighted by Crippen LogP contribution is 2.06. The lowest BCUT2D eigenvalue weighted by Crippen LogP contribution is -2.36. The second kappa shape index (κ2) is 9.73. The van der Waals surface area contributed by atoms with E-state index in [1.54, 1.807) is 7.11 Å². The third-order valence-electron chi connectivity index (χ3n) is 3.64. The Morgan fingerprint density at radius 2 is 1.75 bits per heavy atom. The topological polar surface area (TPSA) is 45.7 Å². The molecule has 0 saturated carbocycles. The Kier molecular flexibility index (Phi) is 7.30. The van der Waals surface area contributed by atoms with Gasteiger partial charge in [0.2, 0.25) is 0 Å². The molecule has 0 radical (unpaired) electrons. The Bertz CT molecular complexity index is 650. The zero-order chi connectivity index (χ0) is 17.2. The van der Waals surface area contributed by atoms with E-state index in [1.165, 1.54) is 22.3 Å². The van der Waals surface area contributed by atoms with Gasteiger partial charge in [0.25, 0.3) is 0 Å². The summed E-state index contributed by atoms with van der Waals surface area (Å²) in [6.45, 7) is 7.07. The van der Waals surface area contributed by atoms with Gasteiger partial charge in [-0.1, -0.05) is 54.1 Å². The first-order valence-corrected chi connectivity index (χ1v) is 8.35. The summed E-state index contributed by atoms with van der Waals surface area (Å²) in [6.07, 6.45) is 0. The van der Waals surface area contributed by atoms with E-state index < -0.39 is 0 Å². The van der Waals surface area contributed by atoms with Gasteiger partial charge in [-0.05, 0) is 30.5 Å². The average molecular weight is 325 g/mol. The predicted octanol–water partition coefficient (Wildman–Crippen LogP) is 3.40. The zero-order valence-electron chi connectivity index (χ0n) is 14.8. The molecule has 0 aromatic heterocycles. The van der Waals surface area contributed by atoms with Crippen LogP contribution in [0.4, 0.5) is 0 Å². The number of rotatable bonds is 7. The lowest BCUT2D eigenvalue weighted by atomic mass is 10.1. The number of aliphatic imine (C=N–C) groups is 1. The van der Waals surface area contributed by atoms with Crippen LogP contribution in [0, 0.1) is 6.92 Å². The summed E-state index contributed by atoms with van der Waals surface area (Å²) in [6, 6.07) is 16.9. The maximum absolute atomic E-state index is 5.14. The van der Waals surface area contributed by atoms with Gasteiger partial charge in [-0.3, -0.25) is 0 Å². The standard InChI is InChI=1S/C20H27N3O/c1-4-21-20(23-14-19-7-5-6-16(2)12-19)22-13-17-8-10-18(11-9-17)15-24-3/h5-12H,4,13-15H2,1-3H3,(H2,21,22,23). The van der Waals surface area contributed by atoms with Crippen LogP contribution in [0.2, 0.25) is 0 Å². The van der Waals surface area contributed by atoms with Gasteiger partial charge in [-0.2, -0.15) is 0 Å². The highest BCUT2D eigenvalue weighted by Gasteiger charge is 2.00. The number of hydrogen-bond acceptors (Lipinski definition) is 2. The molecule has 128 valence electrons. The van der Waals surface area contributed by atoms with Crippen LogP contribution in [-0.2, 0) is 24.4 Å². The van der Waals surface area contributed by atoms with E-state index in [-0.39, 0.29) is 0 Å². The van der Waals surface area contributed by atoms with Crippen LogP contribution in [0.25, 0.3) is 0 Å². The van der Waals surface area contributed by atoms with Crippen LogP contribution in [0.15, 0.2) is 53.5 Å². The van der Waals surface area contributed by atoms with E-state index in [4.69, 9.17) is 4.74 Å². The molecule has 2 aromatic carbocycles. The fraction of sp³-hybridized carbons (Fsp3) is 0.350. The summed E-state index contributed by atoms with van der Waals surface area (Å²) in [5, 5.41) is 6.67. The molecule has 0 amide bonds. The molecule has 0 saturated heterocycles. The van der Waals surface area contributed by atoms with Gasteiger partial charge in [0.15, 0.2) is 5.96 Å². The summed E-state index contributed by atoms with van der Waals surface area (Å²) in [7, 11) is 1.71. The summed E-state index contributed by atoms with van der Waals surface area (Å²) in [5.41, 5.74) is 4.88. The van der Waals surface area contributed by atoms with Crippen molar-refractivity contribution in [1.29, 1.82) is 0 Å². The quantitative estimate of drug-likeness (QED) is 0.606. The largest absolute Gasteiger partial charge is 0.380 e. The Morgan fingerprint density at radius 1 is 1.00 bits per heavy atom. The highest BCUT2D eigenvalue weighted by molar-refractivity contribution is 5.79. The number of guanidine groups is 1. The van der Waals surface area contributed by atoms with Crippen LogP contribution < -0.4 is 10.6 Å². The molecule has 0 aliphatic rings. The van der Waals surface area contributed by atoms with E-state index in [9.17, 15) is 0 Å². The minimum atomic E-state index is 0.647. The van der Waals surface area contributed by atoms with Crippen molar-refractivity contribution in [2.75, 3.05) is 13.7 Å². The Balaban J connectivity index is 1.93. The smallest absolute Gasteiger partial charge is 0.191 e. The summed E-state index contributed by atoms with van der Waals surface area (Å²) in [4.78, 5) is 4.66. The van der Waals surface area contributed by atoms with Crippen molar-refractivity contribution in [3.05, 3.63) is 70.8 Å². The first-order valence-electron chi connectivity index (χ1n) is 8.35. The van der Waals surface area contributed by atoms with Gasteiger partial charge >= 0.3 is 0 Å². The third-order valence-corrected chi connectivity index (χ3v) is 3.64. The minimum Gasteiger partial charge on any atom is -0.380 e. The summed E-state index contributed by atoms with van der Waals surface area (Å²) in [5.74, 6) is 0.833. The van der Waals surface area contributed by atoms with E-state index in [1.807, 2.05) is 0 Å². The average Bonchev–Trinajstić information content (AvgIpc) is 2.59. The molecule has 24 heavy (non-hydrogen) atoms. The summed E-state index contributed by atoms with van der Waals surface area (Å²) < 4.78 is 5.14. The van der Waals surface area contributed by atoms with Crippen LogP contribution in [0.3, 0.4) is 0 Å². The van der Waals surface area contributed by atoms with Crippen LogP contribution in [-0.4, -0.2) is 19.6 Å². The van der Waals surface area contributed by atoms with Crippen molar-refractivity contribution in [1.82, 2.24) is 10.6 Å². The second-order valence-electron chi connectivity index (χ2n) is 5.79. The molecule has 4 nitrogen and oxygen atoms in total. The Morgan fingerprint density at radius 3 is 2.42 bits per heavy atom. The summed E-state index contributed by atoms with van der Waals surface area (Å²) >= 11 is 0. The van der Waals surface area contributed by atoms with E-state index in [0.717, 1.165) is 19.0 Å². The maximum Gasteiger partial charge on any atom is 0.191 e. The molecule has 2 N–H and O–H groups in total. The number of methoxy groups -OCH3 is 1. The molecule has 0 fully saturated rings. The maximum atomic E-state index is 5.14. The molecule has 2 rings (SSSR count). The predicted molar refractivity (Wildman–Crippen MR) is 100.0 cm³/mol. The van der Waals surface area contributed by atoms with Crippen molar-refractivity contribution in [2.45, 2.75) is 33.5 Å². The monoisotopic (exact) mass is 325 g/mol. The van der Waals surface area contributed by atoms with Gasteiger partial charge in [-0.15, -0.1) is 0 Å². The molecule has 2 aromatic rings. The molecule has 0 aliphatic heterocycles. The van der Waals surface area contributed by atoms with Crippen molar-refractivity contribution >= 4 is 5.96 Å². The van der Waals surface area contributed by atoms with Gasteiger partial charge in [0, 0.05) is 20.2 Å². The molecule has 0 spiro atoms. The SMILES string of the molecule is CCNC(=NCc1cccc(C)c1)NCc1ccc(COC)cc1. The van der Waals surface area contributed by atoms with Gasteiger partial charge < -0.3 is 15.4 Å². The third kappa shape index (κ3) is 6.05. The second-order valence-corrected chi connectivity index (χ2v) is 5.79. The molecule has 0 heterocycles. The van der Waals surface area contributed by atoms with Gasteiger partial charge in [0.1, 0.15) is 0 Å². The van der Waals surface area contributed by atoms with E-state index in [2.05, 4.69) is 78.0 Å². The zero-order valence-corrected chi connectivity index (χ0v) is 14.8. The van der Waals surface area contributed by atoms with Crippen LogP contribution in [0.5, 0.6) is 0 Å². The van der Waals surface area contributed by atoms with Crippen LogP contribution in [0.1, 0.15) is 29.2 Å². The first-order chi connectivity index (χ1) is 11.7. The number of hydrogen-bond donors (Lipinski definition) is 2. The molecule has 0 atom stereocenters. The molecular weight excluding hydrogens is 298 g/mol. The van der Waals surface area contributed by atoms with E-state index >= 15 is 0 Å². The lowest BCUT2D eigenvalue weighted by Gasteiger charge is -2.12. The normalized spacial score (nSPS) is 11.4. The van der Waals surface area contributed by atoms with Crippen molar-refractivity contribution in [3.8, 4) is 0 Å². The van der Waals surface area contributed by atoms with Crippen molar-refractivity contribution < 1.29 is 4.74 Å². The fourth-order valence-corrected chi connectivity index (χ4v) is 2.43. The van der Waals surface area contributed by atoms with E-state index in [0.29, 0.717) is 13.2 Å². The van der Waals surface area contributed by atoms with Gasteiger partial charge in [-0.25, -0.2) is 4.99 Å². The van der Waals surface area contributed by atoms with Crippen LogP contribution >= 0.6 is 0 Å². The highest BCUT2D eigenvalue weighted by atomic mass is 16.5. The molecule has 0 aliphatic carbocycles. The number of benzene rings is 2. The molecular formula is C20H27N3O. The number of nitrogens with zero attached hydrogens (tertiary/aromatic N) is 1. The Labute approximate surface area is 145 Å². The Hall–Kier alpha value is -2.33. The van der Waals surface area contributed by atoms with Crippen molar-refractivity contribution in [3.63, 3.8) is 0 Å². The first kappa shape index (κ1) is 18.0. The number of ether oxygens (including phenoxy) is 1. The lowest BCUT2D eigenvalue weighted by molar-refractivity contribution is 0.185. The molecule has 0 unspecified atom stereocenters. The van der Waals surface area contributed by atoms with Crippen molar-refractivity contribution in [2.24, 2.45) is 4.99 Å². The molecule has 4 heteroatoms. The minimum absolute atomic E-state index is 0.647. The number of nitrogens with one attached hydrogen (secondary N) is 2. The van der Waals surface area contributed by atoms with Gasteiger partial charge in [0.05, 0.1) is 13.2 Å². The molecule has 0 bridgehead atoms. The fourth-order valence-electron chi connectivity index (χ4n) is 2.43.